The third kappa shape index (κ3) is 2.90. The molecule has 1 fully saturated rings. The molecule has 1 aliphatic carbocycles. The van der Waals surface area contributed by atoms with Gasteiger partial charge in [-0.2, -0.15) is 5.10 Å². The first-order valence-corrected chi connectivity index (χ1v) is 8.29. The van der Waals surface area contributed by atoms with E-state index in [1.807, 2.05) is 27.1 Å². The van der Waals surface area contributed by atoms with Gasteiger partial charge < -0.3 is 9.88 Å². The molecular weight excluding hydrogens is 290 g/mol. The Balaban J connectivity index is 1.63. The largest absolute Gasteiger partial charge is 0.350 e. The van der Waals surface area contributed by atoms with Gasteiger partial charge in [-0.15, -0.1) is 0 Å². The maximum absolute atomic E-state index is 12.4. The summed E-state index contributed by atoms with van der Waals surface area (Å²) in [7, 11) is 1.86. The summed E-state index contributed by atoms with van der Waals surface area (Å²) in [5.41, 5.74) is 3.52. The van der Waals surface area contributed by atoms with Crippen LogP contribution in [-0.2, 0) is 13.6 Å². The highest BCUT2D eigenvalue weighted by atomic mass is 16.1. The second kappa shape index (κ2) is 6.18. The summed E-state index contributed by atoms with van der Waals surface area (Å²) in [5, 5.41) is 7.32. The van der Waals surface area contributed by atoms with Crippen molar-refractivity contribution in [3.8, 4) is 0 Å². The molecule has 2 aromatic heterocycles. The van der Waals surface area contributed by atoms with Gasteiger partial charge in [-0.3, -0.25) is 9.48 Å². The van der Waals surface area contributed by atoms with Crippen molar-refractivity contribution in [2.24, 2.45) is 7.05 Å². The van der Waals surface area contributed by atoms with Crippen LogP contribution in [0.15, 0.2) is 6.20 Å². The lowest BCUT2D eigenvalue weighted by Gasteiger charge is -2.26. The molecule has 23 heavy (non-hydrogen) atoms. The number of nitrogens with zero attached hydrogens (tertiary/aromatic N) is 4. The van der Waals surface area contributed by atoms with E-state index in [1.165, 1.54) is 25.1 Å². The van der Waals surface area contributed by atoms with E-state index in [1.54, 1.807) is 4.68 Å². The lowest BCUT2D eigenvalue weighted by molar-refractivity contribution is 0.0950. The second-order valence-corrected chi connectivity index (χ2v) is 6.46. The highest BCUT2D eigenvalue weighted by Gasteiger charge is 2.24. The molecule has 2 heterocycles. The normalized spacial score (nSPS) is 14.8. The van der Waals surface area contributed by atoms with Crippen molar-refractivity contribution in [2.75, 3.05) is 6.54 Å². The van der Waals surface area contributed by atoms with Gasteiger partial charge in [-0.1, -0.05) is 6.42 Å². The van der Waals surface area contributed by atoms with Crippen LogP contribution in [0.4, 0.5) is 0 Å². The Morgan fingerprint density at radius 3 is 2.65 bits per heavy atom. The van der Waals surface area contributed by atoms with Gasteiger partial charge in [0.05, 0.1) is 11.3 Å². The molecule has 0 unspecified atom stereocenters. The van der Waals surface area contributed by atoms with E-state index in [2.05, 4.69) is 26.9 Å². The van der Waals surface area contributed by atoms with Gasteiger partial charge in [0.25, 0.3) is 5.91 Å². The first-order valence-electron chi connectivity index (χ1n) is 8.29. The molecule has 0 spiro atoms. The van der Waals surface area contributed by atoms with Gasteiger partial charge in [-0.05, 0) is 33.6 Å². The summed E-state index contributed by atoms with van der Waals surface area (Å²) < 4.78 is 3.99. The lowest BCUT2D eigenvalue weighted by Crippen LogP contribution is -2.29. The molecule has 6 nitrogen and oxygen atoms in total. The standard InChI is InChI=1S/C17H25N5O/c1-11-10-19-16(14-6-5-7-14)22(11)9-8-18-17(23)15-12(2)20-21(4)13(15)3/h10,14H,5-9H2,1-4H3,(H,18,23). The Bertz CT molecular complexity index is 724. The fraction of sp³-hybridized carbons (Fsp3) is 0.588. The predicted molar refractivity (Wildman–Crippen MR) is 88.6 cm³/mol. The molecule has 1 N–H and O–H groups in total. The fourth-order valence-corrected chi connectivity index (χ4v) is 3.23. The van der Waals surface area contributed by atoms with E-state index in [-0.39, 0.29) is 5.91 Å². The van der Waals surface area contributed by atoms with Crippen molar-refractivity contribution in [2.45, 2.75) is 52.5 Å². The molecule has 0 atom stereocenters. The van der Waals surface area contributed by atoms with Crippen LogP contribution in [0.5, 0.6) is 0 Å². The minimum Gasteiger partial charge on any atom is -0.350 e. The number of hydrogen-bond acceptors (Lipinski definition) is 3. The Morgan fingerprint density at radius 1 is 1.35 bits per heavy atom. The molecule has 124 valence electrons. The van der Waals surface area contributed by atoms with Crippen LogP contribution in [0.3, 0.4) is 0 Å². The molecule has 0 aliphatic heterocycles. The number of hydrogen-bond donors (Lipinski definition) is 1. The third-order valence-electron chi connectivity index (χ3n) is 4.91. The number of aryl methyl sites for hydroxylation is 3. The van der Waals surface area contributed by atoms with Crippen molar-refractivity contribution < 1.29 is 4.79 Å². The van der Waals surface area contributed by atoms with Crippen molar-refractivity contribution in [3.05, 3.63) is 34.7 Å². The molecule has 6 heteroatoms. The second-order valence-electron chi connectivity index (χ2n) is 6.46. The van der Waals surface area contributed by atoms with E-state index >= 15 is 0 Å². The zero-order valence-corrected chi connectivity index (χ0v) is 14.4. The molecule has 0 bridgehead atoms. The molecule has 1 amide bonds. The Hall–Kier alpha value is -2.11. The number of imidazole rings is 1. The highest BCUT2D eigenvalue weighted by molar-refractivity contribution is 5.96. The van der Waals surface area contributed by atoms with E-state index < -0.39 is 0 Å². The summed E-state index contributed by atoms with van der Waals surface area (Å²) in [6.07, 6.45) is 5.70. The average molecular weight is 315 g/mol. The van der Waals surface area contributed by atoms with Crippen molar-refractivity contribution >= 4 is 5.91 Å². The van der Waals surface area contributed by atoms with Gasteiger partial charge >= 0.3 is 0 Å². The maximum atomic E-state index is 12.4. The topological polar surface area (TPSA) is 64.7 Å². The summed E-state index contributed by atoms with van der Waals surface area (Å²) in [4.78, 5) is 17.0. The van der Waals surface area contributed by atoms with Crippen LogP contribution >= 0.6 is 0 Å². The Kier molecular flexibility index (Phi) is 4.24. The van der Waals surface area contributed by atoms with Crippen molar-refractivity contribution in [1.29, 1.82) is 0 Å². The summed E-state index contributed by atoms with van der Waals surface area (Å²) in [6, 6.07) is 0. The first-order chi connectivity index (χ1) is 11.0. The minimum absolute atomic E-state index is 0.0453. The maximum Gasteiger partial charge on any atom is 0.255 e. The van der Waals surface area contributed by atoms with Gasteiger partial charge in [-0.25, -0.2) is 4.98 Å². The molecule has 1 saturated carbocycles. The number of rotatable bonds is 5. The Labute approximate surface area is 136 Å². The molecule has 2 aromatic rings. The summed E-state index contributed by atoms with van der Waals surface area (Å²) in [6.45, 7) is 7.23. The molecule has 0 radical (unpaired) electrons. The van der Waals surface area contributed by atoms with Crippen LogP contribution in [0, 0.1) is 20.8 Å². The molecule has 0 aromatic carbocycles. The average Bonchev–Trinajstić information content (AvgIpc) is 2.90. The van der Waals surface area contributed by atoms with Gasteiger partial charge in [0.15, 0.2) is 0 Å². The number of amides is 1. The third-order valence-corrected chi connectivity index (χ3v) is 4.91. The highest BCUT2D eigenvalue weighted by Crippen LogP contribution is 2.35. The van der Waals surface area contributed by atoms with E-state index in [0.29, 0.717) is 18.0 Å². The number of carbonyl (C=O) groups excluding carboxylic acids is 1. The molecule has 3 rings (SSSR count). The summed E-state index contributed by atoms with van der Waals surface area (Å²) in [5.74, 6) is 1.73. The lowest BCUT2D eigenvalue weighted by atomic mass is 9.85. The number of carbonyl (C=O) groups is 1. The SMILES string of the molecule is Cc1nn(C)c(C)c1C(=O)NCCn1c(C)cnc1C1CCC1. The molecule has 0 saturated heterocycles. The van der Waals surface area contributed by atoms with Crippen molar-refractivity contribution in [1.82, 2.24) is 24.6 Å². The van der Waals surface area contributed by atoms with Crippen LogP contribution < -0.4 is 5.32 Å². The van der Waals surface area contributed by atoms with Gasteiger partial charge in [0, 0.05) is 43.6 Å². The monoisotopic (exact) mass is 315 g/mol. The fourth-order valence-electron chi connectivity index (χ4n) is 3.23. The smallest absolute Gasteiger partial charge is 0.255 e. The van der Waals surface area contributed by atoms with Crippen LogP contribution in [-0.4, -0.2) is 31.8 Å². The first kappa shape index (κ1) is 15.8. The predicted octanol–water partition coefficient (Wildman–Crippen LogP) is 2.24. The zero-order valence-electron chi connectivity index (χ0n) is 14.4. The Morgan fingerprint density at radius 2 is 2.09 bits per heavy atom. The van der Waals surface area contributed by atoms with Crippen molar-refractivity contribution in [3.63, 3.8) is 0 Å². The van der Waals surface area contributed by atoms with E-state index in [4.69, 9.17) is 0 Å². The van der Waals surface area contributed by atoms with Crippen LogP contribution in [0.25, 0.3) is 0 Å². The van der Waals surface area contributed by atoms with Crippen LogP contribution in [0.2, 0.25) is 0 Å². The van der Waals surface area contributed by atoms with Crippen LogP contribution in [0.1, 0.15) is 58.4 Å². The molecule has 1 aliphatic rings. The number of aromatic nitrogens is 4. The zero-order chi connectivity index (χ0) is 16.6. The van der Waals surface area contributed by atoms with Gasteiger partial charge in [0.1, 0.15) is 5.82 Å². The quantitative estimate of drug-likeness (QED) is 0.920. The molecular formula is C17H25N5O. The number of nitrogens with one attached hydrogen (secondary N) is 1. The van der Waals surface area contributed by atoms with Gasteiger partial charge in [0.2, 0.25) is 0 Å². The minimum atomic E-state index is -0.0453. The summed E-state index contributed by atoms with van der Waals surface area (Å²) >= 11 is 0. The van der Waals surface area contributed by atoms with E-state index in [0.717, 1.165) is 23.6 Å². The van der Waals surface area contributed by atoms with E-state index in [9.17, 15) is 4.79 Å².